The van der Waals surface area contributed by atoms with Gasteiger partial charge in [-0.1, -0.05) is 5.16 Å². The first-order valence-electron chi connectivity index (χ1n) is 6.52. The molecule has 1 N–H and O–H groups in total. The number of amides is 1. The average Bonchev–Trinajstić information content (AvgIpc) is 2.74. The third kappa shape index (κ3) is 3.84. The van der Waals surface area contributed by atoms with Gasteiger partial charge in [0, 0.05) is 19.5 Å². The number of carbonyl (C=O) groups excluding carboxylic acids is 1. The van der Waals surface area contributed by atoms with Gasteiger partial charge in [0.1, 0.15) is 0 Å². The van der Waals surface area contributed by atoms with E-state index in [1.54, 1.807) is 6.92 Å². The van der Waals surface area contributed by atoms with Crippen LogP contribution in [0.25, 0.3) is 0 Å². The summed E-state index contributed by atoms with van der Waals surface area (Å²) < 4.78 is 5.22. The smallest absolute Gasteiger partial charge is 0.216 e. The van der Waals surface area contributed by atoms with Crippen molar-refractivity contribution < 1.29 is 9.32 Å². The molecule has 1 fully saturated rings. The zero-order chi connectivity index (χ0) is 13.0. The highest BCUT2D eigenvalue weighted by atomic mass is 16.5. The van der Waals surface area contributed by atoms with Crippen LogP contribution in [0.3, 0.4) is 0 Å². The molecule has 0 radical (unpaired) electrons. The summed E-state index contributed by atoms with van der Waals surface area (Å²) in [6, 6.07) is 1.99. The number of nitrogens with one attached hydrogen (secondary N) is 1. The molecule has 1 aromatic heterocycles. The van der Waals surface area contributed by atoms with E-state index in [0.717, 1.165) is 50.5 Å². The van der Waals surface area contributed by atoms with Gasteiger partial charge in [-0.2, -0.15) is 0 Å². The number of nitrogens with zero attached hydrogens (tertiary/aromatic N) is 2. The van der Waals surface area contributed by atoms with E-state index in [1.165, 1.54) is 0 Å². The Labute approximate surface area is 108 Å². The van der Waals surface area contributed by atoms with E-state index in [1.807, 2.05) is 13.0 Å². The molecular formula is C13H21N3O2. The molecule has 1 amide bonds. The Morgan fingerprint density at radius 3 is 2.83 bits per heavy atom. The molecule has 0 atom stereocenters. The Hall–Kier alpha value is -1.36. The largest absolute Gasteiger partial charge is 0.360 e. The van der Waals surface area contributed by atoms with Crippen LogP contribution in [0.15, 0.2) is 10.6 Å². The predicted molar refractivity (Wildman–Crippen MR) is 67.9 cm³/mol. The van der Waals surface area contributed by atoms with Crippen molar-refractivity contribution in [2.45, 2.75) is 33.2 Å². The molecule has 5 nitrogen and oxygen atoms in total. The SMILES string of the molecule is CC(=O)NCC1CCN(Cc2cc(C)no2)CC1. The lowest BCUT2D eigenvalue weighted by Gasteiger charge is -2.31. The maximum atomic E-state index is 10.9. The Balaban J connectivity index is 1.71. The van der Waals surface area contributed by atoms with E-state index in [0.29, 0.717) is 5.92 Å². The summed E-state index contributed by atoms with van der Waals surface area (Å²) in [5.41, 5.74) is 0.936. The van der Waals surface area contributed by atoms with E-state index < -0.39 is 0 Å². The van der Waals surface area contributed by atoms with Gasteiger partial charge in [0.15, 0.2) is 5.76 Å². The van der Waals surface area contributed by atoms with Gasteiger partial charge in [-0.25, -0.2) is 0 Å². The molecule has 0 spiro atoms. The number of carbonyl (C=O) groups is 1. The van der Waals surface area contributed by atoms with Gasteiger partial charge in [-0.15, -0.1) is 0 Å². The summed E-state index contributed by atoms with van der Waals surface area (Å²) in [6.07, 6.45) is 2.26. The molecule has 0 saturated carbocycles. The molecule has 0 aromatic carbocycles. The van der Waals surface area contributed by atoms with Crippen molar-refractivity contribution in [2.75, 3.05) is 19.6 Å². The molecule has 0 unspecified atom stereocenters. The zero-order valence-corrected chi connectivity index (χ0v) is 11.1. The van der Waals surface area contributed by atoms with E-state index in [9.17, 15) is 4.79 Å². The fourth-order valence-corrected chi connectivity index (χ4v) is 2.35. The van der Waals surface area contributed by atoms with Gasteiger partial charge in [-0.05, 0) is 38.8 Å². The minimum atomic E-state index is 0.0644. The molecule has 2 rings (SSSR count). The molecule has 18 heavy (non-hydrogen) atoms. The summed E-state index contributed by atoms with van der Waals surface area (Å²) >= 11 is 0. The predicted octanol–water partition coefficient (Wildman–Crippen LogP) is 1.33. The molecule has 0 aliphatic carbocycles. The second-order valence-corrected chi connectivity index (χ2v) is 5.09. The minimum Gasteiger partial charge on any atom is -0.360 e. The molecule has 0 bridgehead atoms. The molecule has 1 aliphatic heterocycles. The van der Waals surface area contributed by atoms with Gasteiger partial charge in [0.25, 0.3) is 0 Å². The van der Waals surface area contributed by atoms with Gasteiger partial charge in [-0.3, -0.25) is 9.69 Å². The van der Waals surface area contributed by atoms with Crippen molar-refractivity contribution in [3.63, 3.8) is 0 Å². The number of likely N-dealkylation sites (tertiary alicyclic amines) is 1. The number of rotatable bonds is 4. The van der Waals surface area contributed by atoms with Crippen LogP contribution >= 0.6 is 0 Å². The highest BCUT2D eigenvalue weighted by molar-refractivity contribution is 5.72. The van der Waals surface area contributed by atoms with Crippen LogP contribution in [0.5, 0.6) is 0 Å². The third-order valence-corrected chi connectivity index (χ3v) is 3.40. The molecule has 100 valence electrons. The van der Waals surface area contributed by atoms with E-state index >= 15 is 0 Å². The van der Waals surface area contributed by atoms with Crippen LogP contribution in [0, 0.1) is 12.8 Å². The van der Waals surface area contributed by atoms with Crippen LogP contribution in [0.1, 0.15) is 31.2 Å². The van der Waals surface area contributed by atoms with Crippen molar-refractivity contribution >= 4 is 5.91 Å². The minimum absolute atomic E-state index is 0.0644. The van der Waals surface area contributed by atoms with Crippen molar-refractivity contribution in [2.24, 2.45) is 5.92 Å². The summed E-state index contributed by atoms with van der Waals surface area (Å²) in [7, 11) is 0. The molecule has 5 heteroatoms. The Morgan fingerprint density at radius 1 is 1.56 bits per heavy atom. The van der Waals surface area contributed by atoms with Crippen LogP contribution in [-0.4, -0.2) is 35.6 Å². The molecule has 1 aliphatic rings. The van der Waals surface area contributed by atoms with Crippen molar-refractivity contribution in [1.29, 1.82) is 0 Å². The lowest BCUT2D eigenvalue weighted by molar-refractivity contribution is -0.119. The normalized spacial score (nSPS) is 17.9. The molecule has 2 heterocycles. The number of aromatic nitrogens is 1. The van der Waals surface area contributed by atoms with Crippen molar-refractivity contribution in [1.82, 2.24) is 15.4 Å². The molecule has 1 saturated heterocycles. The van der Waals surface area contributed by atoms with Crippen LogP contribution in [0.4, 0.5) is 0 Å². The number of aryl methyl sites for hydroxylation is 1. The first-order valence-corrected chi connectivity index (χ1v) is 6.52. The lowest BCUT2D eigenvalue weighted by atomic mass is 9.96. The number of hydrogen-bond donors (Lipinski definition) is 1. The summed E-state index contributed by atoms with van der Waals surface area (Å²) in [5, 5.41) is 6.79. The summed E-state index contributed by atoms with van der Waals surface area (Å²) in [4.78, 5) is 13.2. The highest BCUT2D eigenvalue weighted by Gasteiger charge is 2.20. The fourth-order valence-electron chi connectivity index (χ4n) is 2.35. The van der Waals surface area contributed by atoms with Crippen LogP contribution < -0.4 is 5.32 Å². The van der Waals surface area contributed by atoms with Crippen molar-refractivity contribution in [3.8, 4) is 0 Å². The maximum Gasteiger partial charge on any atom is 0.216 e. The van der Waals surface area contributed by atoms with E-state index in [4.69, 9.17) is 4.52 Å². The van der Waals surface area contributed by atoms with Crippen LogP contribution in [-0.2, 0) is 11.3 Å². The topological polar surface area (TPSA) is 58.4 Å². The highest BCUT2D eigenvalue weighted by Crippen LogP contribution is 2.18. The van der Waals surface area contributed by atoms with Crippen molar-refractivity contribution in [3.05, 3.63) is 17.5 Å². The van der Waals surface area contributed by atoms with Gasteiger partial charge in [0.05, 0.1) is 12.2 Å². The maximum absolute atomic E-state index is 10.9. The average molecular weight is 251 g/mol. The quantitative estimate of drug-likeness (QED) is 0.877. The van der Waals surface area contributed by atoms with Gasteiger partial charge >= 0.3 is 0 Å². The van der Waals surface area contributed by atoms with Gasteiger partial charge < -0.3 is 9.84 Å². The molecule has 1 aromatic rings. The van der Waals surface area contributed by atoms with Gasteiger partial charge in [0.2, 0.25) is 5.91 Å². The third-order valence-electron chi connectivity index (χ3n) is 3.40. The second-order valence-electron chi connectivity index (χ2n) is 5.09. The Kier molecular flexibility index (Phi) is 4.36. The number of hydrogen-bond acceptors (Lipinski definition) is 4. The standard InChI is InChI=1S/C13H21N3O2/c1-10-7-13(18-15-10)9-16-5-3-12(4-6-16)8-14-11(2)17/h7,12H,3-6,8-9H2,1-2H3,(H,14,17). The first-order chi connectivity index (χ1) is 8.63. The van der Waals surface area contributed by atoms with Crippen LogP contribution in [0.2, 0.25) is 0 Å². The summed E-state index contributed by atoms with van der Waals surface area (Å²) in [5.74, 6) is 1.61. The summed E-state index contributed by atoms with van der Waals surface area (Å²) in [6.45, 7) is 7.28. The van der Waals surface area contributed by atoms with E-state index in [2.05, 4.69) is 15.4 Å². The second kappa shape index (κ2) is 6.00. The number of piperidine rings is 1. The lowest BCUT2D eigenvalue weighted by Crippen LogP contribution is -2.37. The fraction of sp³-hybridized carbons (Fsp3) is 0.692. The Bertz CT molecular complexity index is 395. The molecular weight excluding hydrogens is 230 g/mol. The zero-order valence-electron chi connectivity index (χ0n) is 11.1. The Morgan fingerprint density at radius 2 is 2.28 bits per heavy atom. The van der Waals surface area contributed by atoms with E-state index in [-0.39, 0.29) is 5.91 Å². The first kappa shape index (κ1) is 13.1. The monoisotopic (exact) mass is 251 g/mol.